The van der Waals surface area contributed by atoms with E-state index in [4.69, 9.17) is 14.6 Å². The molecule has 2 saturated heterocycles. The largest absolute Gasteiger partial charge is 0.465 e. The standard InChI is InChI=1S/C8H11F2NO4/c9-7(10)3(1-11-8(12)13)5-6-4(15-6)2-14-5/h3-7,11H,1-2H2,(H,12,13)/t3-,4?,5?,6?/m1/s1. The lowest BCUT2D eigenvalue weighted by Crippen LogP contribution is -2.40. The van der Waals surface area contributed by atoms with Crippen molar-refractivity contribution in [2.24, 2.45) is 5.92 Å². The number of carboxylic acid groups (broad SMARTS) is 1. The summed E-state index contributed by atoms with van der Waals surface area (Å²) in [6, 6.07) is 0. The van der Waals surface area contributed by atoms with E-state index in [1.54, 1.807) is 0 Å². The molecule has 0 spiro atoms. The molecule has 4 atom stereocenters. The second-order valence-corrected chi connectivity index (χ2v) is 3.62. The van der Waals surface area contributed by atoms with E-state index in [1.165, 1.54) is 0 Å². The fourth-order valence-corrected chi connectivity index (χ4v) is 1.80. The molecule has 2 heterocycles. The zero-order valence-electron chi connectivity index (χ0n) is 7.73. The van der Waals surface area contributed by atoms with Gasteiger partial charge in [-0.05, 0) is 0 Å². The molecular formula is C8H11F2NO4. The smallest absolute Gasteiger partial charge is 0.404 e. The van der Waals surface area contributed by atoms with Crippen molar-refractivity contribution in [3.63, 3.8) is 0 Å². The van der Waals surface area contributed by atoms with Gasteiger partial charge in [0.25, 0.3) is 0 Å². The van der Waals surface area contributed by atoms with Gasteiger partial charge in [-0.3, -0.25) is 0 Å². The molecule has 0 radical (unpaired) electrons. The predicted molar refractivity (Wildman–Crippen MR) is 43.9 cm³/mol. The Morgan fingerprint density at radius 2 is 2.33 bits per heavy atom. The minimum absolute atomic E-state index is 0.0684. The Bertz CT molecular complexity index is 263. The number of alkyl halides is 2. The van der Waals surface area contributed by atoms with Crippen LogP contribution >= 0.6 is 0 Å². The van der Waals surface area contributed by atoms with Gasteiger partial charge in [-0.25, -0.2) is 13.6 Å². The monoisotopic (exact) mass is 223 g/mol. The van der Waals surface area contributed by atoms with Gasteiger partial charge in [-0.15, -0.1) is 0 Å². The summed E-state index contributed by atoms with van der Waals surface area (Å²) in [5.74, 6) is -1.14. The van der Waals surface area contributed by atoms with Crippen LogP contribution in [-0.4, -0.2) is 49.1 Å². The van der Waals surface area contributed by atoms with Gasteiger partial charge in [0.15, 0.2) is 0 Å². The van der Waals surface area contributed by atoms with Crippen LogP contribution in [0.5, 0.6) is 0 Å². The quantitative estimate of drug-likeness (QED) is 0.672. The van der Waals surface area contributed by atoms with Crippen molar-refractivity contribution in [3.05, 3.63) is 0 Å². The Labute approximate surface area is 84.3 Å². The molecule has 15 heavy (non-hydrogen) atoms. The van der Waals surface area contributed by atoms with Gasteiger partial charge in [0, 0.05) is 6.54 Å². The van der Waals surface area contributed by atoms with Gasteiger partial charge in [-0.1, -0.05) is 0 Å². The molecule has 2 fully saturated rings. The van der Waals surface area contributed by atoms with Gasteiger partial charge in [0.2, 0.25) is 6.43 Å². The van der Waals surface area contributed by atoms with Gasteiger partial charge in [-0.2, -0.15) is 0 Å². The first-order chi connectivity index (χ1) is 7.09. The molecule has 0 aromatic rings. The van der Waals surface area contributed by atoms with E-state index in [2.05, 4.69) is 0 Å². The summed E-state index contributed by atoms with van der Waals surface area (Å²) in [6.45, 7) is 0.00979. The zero-order valence-corrected chi connectivity index (χ0v) is 7.73. The van der Waals surface area contributed by atoms with E-state index < -0.39 is 24.5 Å². The number of fused-ring (bicyclic) bond motifs is 1. The SMILES string of the molecule is O=C(O)NC[C@@H](C(F)F)C1OCC2OC21. The molecule has 0 bridgehead atoms. The van der Waals surface area contributed by atoms with Crippen LogP contribution in [0.2, 0.25) is 0 Å². The Kier molecular flexibility index (Phi) is 2.74. The number of epoxide rings is 1. The van der Waals surface area contributed by atoms with Crippen LogP contribution in [0.3, 0.4) is 0 Å². The van der Waals surface area contributed by atoms with E-state index in [-0.39, 0.29) is 18.8 Å². The minimum atomic E-state index is -2.62. The molecule has 5 nitrogen and oxygen atoms in total. The van der Waals surface area contributed by atoms with Gasteiger partial charge in [0.05, 0.1) is 18.6 Å². The molecule has 86 valence electrons. The number of hydrogen-bond acceptors (Lipinski definition) is 3. The van der Waals surface area contributed by atoms with Crippen molar-refractivity contribution in [3.8, 4) is 0 Å². The Morgan fingerprint density at radius 1 is 1.60 bits per heavy atom. The van der Waals surface area contributed by atoms with E-state index in [9.17, 15) is 13.6 Å². The summed E-state index contributed by atoms with van der Waals surface area (Å²) in [5, 5.41) is 10.3. The fourth-order valence-electron chi connectivity index (χ4n) is 1.80. The Morgan fingerprint density at radius 3 is 2.73 bits per heavy atom. The number of amides is 1. The van der Waals surface area contributed by atoms with Gasteiger partial charge in [0.1, 0.15) is 12.2 Å². The summed E-state index contributed by atoms with van der Waals surface area (Å²) in [4.78, 5) is 10.2. The zero-order chi connectivity index (χ0) is 11.0. The van der Waals surface area contributed by atoms with Crippen molar-refractivity contribution in [2.75, 3.05) is 13.2 Å². The lowest BCUT2D eigenvalue weighted by Gasteiger charge is -2.22. The van der Waals surface area contributed by atoms with Crippen molar-refractivity contribution >= 4 is 6.09 Å². The third-order valence-corrected chi connectivity index (χ3v) is 2.63. The van der Waals surface area contributed by atoms with Crippen LogP contribution < -0.4 is 5.32 Å². The van der Waals surface area contributed by atoms with Crippen molar-refractivity contribution < 1.29 is 28.2 Å². The molecule has 0 saturated carbocycles. The number of rotatable bonds is 4. The van der Waals surface area contributed by atoms with Gasteiger partial charge < -0.3 is 19.9 Å². The van der Waals surface area contributed by atoms with Crippen LogP contribution in [0, 0.1) is 5.92 Å². The highest BCUT2D eigenvalue weighted by Crippen LogP contribution is 2.39. The van der Waals surface area contributed by atoms with Gasteiger partial charge >= 0.3 is 6.09 Å². The maximum atomic E-state index is 12.6. The molecule has 2 aliphatic heterocycles. The van der Waals surface area contributed by atoms with E-state index in [1.807, 2.05) is 5.32 Å². The molecule has 3 unspecified atom stereocenters. The van der Waals surface area contributed by atoms with E-state index in [0.29, 0.717) is 6.61 Å². The van der Waals surface area contributed by atoms with Crippen LogP contribution in [0.25, 0.3) is 0 Å². The number of ether oxygens (including phenoxy) is 2. The highest BCUT2D eigenvalue weighted by atomic mass is 19.3. The van der Waals surface area contributed by atoms with Crippen LogP contribution in [0.1, 0.15) is 0 Å². The number of nitrogens with one attached hydrogen (secondary N) is 1. The maximum absolute atomic E-state index is 12.6. The first-order valence-corrected chi connectivity index (χ1v) is 4.61. The Hall–Kier alpha value is -0.950. The highest BCUT2D eigenvalue weighted by molar-refractivity contribution is 5.64. The number of carbonyl (C=O) groups is 1. The van der Waals surface area contributed by atoms with Crippen LogP contribution in [-0.2, 0) is 9.47 Å². The van der Waals surface area contributed by atoms with E-state index in [0.717, 1.165) is 0 Å². The van der Waals surface area contributed by atoms with Crippen molar-refractivity contribution in [2.45, 2.75) is 24.7 Å². The summed E-state index contributed by atoms with van der Waals surface area (Å²) < 4.78 is 35.5. The fraction of sp³-hybridized carbons (Fsp3) is 0.875. The lowest BCUT2D eigenvalue weighted by atomic mass is 10.0. The topological polar surface area (TPSA) is 71.1 Å². The third kappa shape index (κ3) is 2.18. The molecule has 7 heteroatoms. The summed E-state index contributed by atoms with van der Waals surface area (Å²) in [5.41, 5.74) is 0. The third-order valence-electron chi connectivity index (χ3n) is 2.63. The second kappa shape index (κ2) is 3.90. The molecule has 2 rings (SSSR count). The average Bonchev–Trinajstić information content (AvgIpc) is 2.81. The van der Waals surface area contributed by atoms with Crippen molar-refractivity contribution in [1.29, 1.82) is 0 Å². The first kappa shape index (κ1) is 10.6. The average molecular weight is 223 g/mol. The second-order valence-electron chi connectivity index (χ2n) is 3.62. The van der Waals surface area contributed by atoms with Crippen molar-refractivity contribution in [1.82, 2.24) is 5.32 Å². The molecule has 0 aromatic carbocycles. The molecule has 0 aliphatic carbocycles. The minimum Gasteiger partial charge on any atom is -0.465 e. The summed E-state index contributed by atoms with van der Waals surface area (Å²) >= 11 is 0. The summed E-state index contributed by atoms with van der Waals surface area (Å²) in [7, 11) is 0. The maximum Gasteiger partial charge on any atom is 0.404 e. The highest BCUT2D eigenvalue weighted by Gasteiger charge is 2.55. The molecule has 2 aliphatic rings. The van der Waals surface area contributed by atoms with Crippen LogP contribution in [0.15, 0.2) is 0 Å². The summed E-state index contributed by atoms with van der Waals surface area (Å²) in [6.07, 6.45) is -4.97. The molecule has 0 aromatic heterocycles. The Balaban J connectivity index is 1.90. The first-order valence-electron chi connectivity index (χ1n) is 4.61. The normalized spacial score (nSPS) is 35.0. The number of hydrogen-bond donors (Lipinski definition) is 2. The van der Waals surface area contributed by atoms with E-state index >= 15 is 0 Å². The molecule has 1 amide bonds. The molecule has 2 N–H and O–H groups in total. The van der Waals surface area contributed by atoms with Crippen LogP contribution in [0.4, 0.5) is 13.6 Å². The predicted octanol–water partition coefficient (Wildman–Crippen LogP) is 0.301. The number of halogens is 2. The molecular weight excluding hydrogens is 212 g/mol. The lowest BCUT2D eigenvalue weighted by molar-refractivity contribution is -0.0573.